The predicted octanol–water partition coefficient (Wildman–Crippen LogP) is 2.64. The maximum absolute atomic E-state index is 11.7. The zero-order valence-electron chi connectivity index (χ0n) is 14.3. The van der Waals surface area contributed by atoms with Crippen molar-refractivity contribution in [2.75, 3.05) is 12.8 Å². The molecule has 0 aliphatic carbocycles. The van der Waals surface area contributed by atoms with Crippen molar-refractivity contribution < 1.29 is 14.5 Å². The molecule has 1 heterocycles. The average Bonchev–Trinajstić information content (AvgIpc) is 2.66. The van der Waals surface area contributed by atoms with E-state index in [1.165, 1.54) is 31.4 Å². The molecule has 2 aromatic rings. The Labute approximate surface area is 158 Å². The normalized spacial score (nSPS) is 11.1. The molecule has 27 heavy (non-hydrogen) atoms. The smallest absolute Gasteiger partial charge is 0.318 e. The van der Waals surface area contributed by atoms with Crippen LogP contribution in [-0.2, 0) is 9.53 Å². The van der Waals surface area contributed by atoms with Crippen LogP contribution in [0.2, 0.25) is 0 Å². The third kappa shape index (κ3) is 3.97. The summed E-state index contributed by atoms with van der Waals surface area (Å²) >= 11 is 0.972. The zero-order valence-corrected chi connectivity index (χ0v) is 15.1. The number of anilines is 1. The molecular formula is C17H13N5O4S. The van der Waals surface area contributed by atoms with Crippen LogP contribution in [0.15, 0.2) is 29.3 Å². The highest BCUT2D eigenvalue weighted by Gasteiger charge is 2.24. The summed E-state index contributed by atoms with van der Waals surface area (Å²) in [4.78, 5) is 26.0. The fourth-order valence-corrected chi connectivity index (χ4v) is 3.25. The quantitative estimate of drug-likeness (QED) is 0.355. The van der Waals surface area contributed by atoms with Crippen LogP contribution in [0.25, 0.3) is 11.1 Å². The molecule has 0 aliphatic rings. The number of esters is 1. The minimum Gasteiger partial charge on any atom is -0.468 e. The lowest BCUT2D eigenvalue weighted by Crippen LogP contribution is -2.15. The standard InChI is InChI=1S/C17H13N5O4S/c1-9(17(23)26-2)27-16-13(8-19)14(12(7-18)15(20)21-16)10-3-5-11(6-4-10)22(24)25/h3-6,9H,1-2H3,(H2,20,21). The molecule has 0 bridgehead atoms. The van der Waals surface area contributed by atoms with Crippen molar-refractivity contribution in [3.63, 3.8) is 0 Å². The van der Waals surface area contributed by atoms with Gasteiger partial charge in [-0.3, -0.25) is 14.9 Å². The van der Waals surface area contributed by atoms with Crippen LogP contribution in [0.4, 0.5) is 11.5 Å². The van der Waals surface area contributed by atoms with Crippen LogP contribution < -0.4 is 5.73 Å². The molecule has 1 unspecified atom stereocenters. The average molecular weight is 383 g/mol. The highest BCUT2D eigenvalue weighted by atomic mass is 32.2. The summed E-state index contributed by atoms with van der Waals surface area (Å²) < 4.78 is 4.67. The largest absolute Gasteiger partial charge is 0.468 e. The number of thioether (sulfide) groups is 1. The maximum atomic E-state index is 11.7. The van der Waals surface area contributed by atoms with Gasteiger partial charge in [0.1, 0.15) is 33.8 Å². The molecule has 0 saturated carbocycles. The maximum Gasteiger partial charge on any atom is 0.318 e. The molecule has 0 saturated heterocycles. The summed E-state index contributed by atoms with van der Waals surface area (Å²) in [6.07, 6.45) is 0. The van der Waals surface area contributed by atoms with Crippen molar-refractivity contribution in [2.45, 2.75) is 17.2 Å². The number of carbonyl (C=O) groups is 1. The summed E-state index contributed by atoms with van der Waals surface area (Å²) in [6.45, 7) is 1.58. The molecule has 9 nitrogen and oxygen atoms in total. The first-order valence-corrected chi connectivity index (χ1v) is 8.35. The lowest BCUT2D eigenvalue weighted by Gasteiger charge is -2.14. The first kappa shape index (κ1) is 19.7. The highest BCUT2D eigenvalue weighted by molar-refractivity contribution is 8.00. The predicted molar refractivity (Wildman–Crippen MR) is 97.5 cm³/mol. The molecule has 10 heteroatoms. The molecule has 136 valence electrons. The van der Waals surface area contributed by atoms with Gasteiger partial charge >= 0.3 is 5.97 Å². The van der Waals surface area contributed by atoms with E-state index in [1.807, 2.05) is 12.1 Å². The van der Waals surface area contributed by atoms with Crippen molar-refractivity contribution in [2.24, 2.45) is 0 Å². The van der Waals surface area contributed by atoms with E-state index in [4.69, 9.17) is 5.73 Å². The van der Waals surface area contributed by atoms with Gasteiger partial charge in [0.25, 0.3) is 5.69 Å². The van der Waals surface area contributed by atoms with Crippen LogP contribution in [0.3, 0.4) is 0 Å². The minimum absolute atomic E-state index is 0.0181. The third-order valence-electron chi connectivity index (χ3n) is 3.60. The van der Waals surface area contributed by atoms with Crippen LogP contribution in [-0.4, -0.2) is 28.2 Å². The number of carbonyl (C=O) groups excluding carboxylic acids is 1. The van der Waals surface area contributed by atoms with Gasteiger partial charge in [0.2, 0.25) is 0 Å². The van der Waals surface area contributed by atoms with Crippen LogP contribution in [0.5, 0.6) is 0 Å². The second-order valence-electron chi connectivity index (χ2n) is 5.24. The Hall–Kier alpha value is -3.63. The Balaban J connectivity index is 2.68. The summed E-state index contributed by atoms with van der Waals surface area (Å²) in [5, 5.41) is 29.4. The molecule has 1 aromatic heterocycles. The number of rotatable bonds is 5. The Morgan fingerprint density at radius 3 is 2.37 bits per heavy atom. The number of benzene rings is 1. The minimum atomic E-state index is -0.661. The van der Waals surface area contributed by atoms with E-state index in [0.29, 0.717) is 5.56 Å². The third-order valence-corrected chi connectivity index (χ3v) is 4.67. The van der Waals surface area contributed by atoms with Crippen LogP contribution >= 0.6 is 11.8 Å². The number of nitriles is 2. The Morgan fingerprint density at radius 2 is 1.89 bits per heavy atom. The fourth-order valence-electron chi connectivity index (χ4n) is 2.30. The molecule has 0 radical (unpaired) electrons. The van der Waals surface area contributed by atoms with Gasteiger partial charge in [-0.15, -0.1) is 0 Å². The van der Waals surface area contributed by atoms with Gasteiger partial charge in [-0.1, -0.05) is 11.8 Å². The first-order chi connectivity index (χ1) is 12.8. The number of methoxy groups -OCH3 is 1. The van der Waals surface area contributed by atoms with E-state index in [-0.39, 0.29) is 33.2 Å². The van der Waals surface area contributed by atoms with E-state index in [1.54, 1.807) is 6.92 Å². The number of nitrogen functional groups attached to an aromatic ring is 1. The number of ether oxygens (including phenoxy) is 1. The van der Waals surface area contributed by atoms with Gasteiger partial charge in [0.05, 0.1) is 17.6 Å². The van der Waals surface area contributed by atoms with Crippen molar-refractivity contribution in [3.8, 4) is 23.3 Å². The molecule has 0 fully saturated rings. The Morgan fingerprint density at radius 1 is 1.30 bits per heavy atom. The van der Waals surface area contributed by atoms with Crippen molar-refractivity contribution in [1.82, 2.24) is 4.98 Å². The molecular weight excluding hydrogens is 370 g/mol. The monoisotopic (exact) mass is 383 g/mol. The van der Waals surface area contributed by atoms with E-state index in [9.17, 15) is 25.4 Å². The van der Waals surface area contributed by atoms with E-state index >= 15 is 0 Å². The van der Waals surface area contributed by atoms with E-state index in [0.717, 1.165) is 11.8 Å². The van der Waals surface area contributed by atoms with Crippen LogP contribution in [0.1, 0.15) is 18.1 Å². The fraction of sp³-hybridized carbons (Fsp3) is 0.176. The number of aromatic nitrogens is 1. The van der Waals surface area contributed by atoms with Gasteiger partial charge in [-0.2, -0.15) is 10.5 Å². The van der Waals surface area contributed by atoms with Crippen molar-refractivity contribution >= 4 is 29.2 Å². The molecule has 0 spiro atoms. The molecule has 2 rings (SSSR count). The number of nitro benzene ring substituents is 1. The molecule has 1 atom stereocenters. The van der Waals surface area contributed by atoms with E-state index < -0.39 is 16.1 Å². The van der Waals surface area contributed by atoms with E-state index in [2.05, 4.69) is 9.72 Å². The van der Waals surface area contributed by atoms with Crippen molar-refractivity contribution in [3.05, 3.63) is 45.5 Å². The topological polar surface area (TPSA) is 156 Å². The lowest BCUT2D eigenvalue weighted by molar-refractivity contribution is -0.384. The second-order valence-corrected chi connectivity index (χ2v) is 6.57. The van der Waals surface area contributed by atoms with Gasteiger partial charge < -0.3 is 10.5 Å². The van der Waals surface area contributed by atoms with Gasteiger partial charge in [-0.05, 0) is 24.6 Å². The number of hydrogen-bond donors (Lipinski definition) is 1. The number of hydrogen-bond acceptors (Lipinski definition) is 9. The SMILES string of the molecule is COC(=O)C(C)Sc1nc(N)c(C#N)c(-c2ccc([N+](=O)[O-])cc2)c1C#N. The summed E-state index contributed by atoms with van der Waals surface area (Å²) in [7, 11) is 1.24. The lowest BCUT2D eigenvalue weighted by atomic mass is 9.96. The number of non-ortho nitro benzene ring substituents is 1. The molecule has 2 N–H and O–H groups in total. The Bertz CT molecular complexity index is 992. The van der Waals surface area contributed by atoms with Crippen molar-refractivity contribution in [1.29, 1.82) is 10.5 Å². The molecule has 0 amide bonds. The first-order valence-electron chi connectivity index (χ1n) is 7.47. The summed E-state index contributed by atoms with van der Waals surface area (Å²) in [5.41, 5.74) is 6.38. The number of nitro groups is 1. The van der Waals surface area contributed by atoms with Gasteiger partial charge in [0, 0.05) is 17.7 Å². The molecule has 0 aliphatic heterocycles. The van der Waals surface area contributed by atoms with Crippen LogP contribution in [0, 0.1) is 32.8 Å². The van der Waals surface area contributed by atoms with Gasteiger partial charge in [0.15, 0.2) is 0 Å². The second kappa shape index (κ2) is 8.17. The number of nitrogens with zero attached hydrogens (tertiary/aromatic N) is 4. The number of pyridine rings is 1. The Kier molecular flexibility index (Phi) is 5.96. The summed E-state index contributed by atoms with van der Waals surface area (Å²) in [5.74, 6) is -0.616. The number of nitrogens with two attached hydrogens (primary N) is 1. The molecule has 1 aromatic carbocycles. The zero-order chi connectivity index (χ0) is 20.1. The summed E-state index contributed by atoms with van der Waals surface area (Å²) in [6, 6.07) is 9.27. The van der Waals surface area contributed by atoms with Gasteiger partial charge in [-0.25, -0.2) is 4.98 Å². The highest BCUT2D eigenvalue weighted by Crippen LogP contribution is 2.37.